The molecule has 1 aliphatic heterocycles. The Morgan fingerprint density at radius 2 is 1.75 bits per heavy atom. The van der Waals surface area contributed by atoms with Crippen molar-refractivity contribution in [3.8, 4) is 0 Å². The quantitative estimate of drug-likeness (QED) is 0.372. The van der Waals surface area contributed by atoms with Gasteiger partial charge in [-0.1, -0.05) is 33.6 Å². The van der Waals surface area contributed by atoms with Gasteiger partial charge in [0.2, 0.25) is 0 Å². The predicted octanol–water partition coefficient (Wildman–Crippen LogP) is 1.04. The molecule has 1 saturated heterocycles. The number of imide groups is 2. The van der Waals surface area contributed by atoms with Gasteiger partial charge in [-0.3, -0.25) is 24.6 Å². The Hall–Kier alpha value is -2.65. The molecule has 1 fully saturated rings. The van der Waals surface area contributed by atoms with Gasteiger partial charge in [0.25, 0.3) is 11.8 Å². The number of carbonyl (C=O) groups excluding carboxylic acids is 5. The molecule has 0 unspecified atom stereocenters. The molecule has 1 rings (SSSR count). The Balaban J connectivity index is 2.54. The molecule has 1 heterocycles. The van der Waals surface area contributed by atoms with Crippen molar-refractivity contribution in [2.45, 2.75) is 71.4 Å². The molecule has 28 heavy (non-hydrogen) atoms. The summed E-state index contributed by atoms with van der Waals surface area (Å²) in [7, 11) is 0. The van der Waals surface area contributed by atoms with Crippen LogP contribution < -0.4 is 16.0 Å². The van der Waals surface area contributed by atoms with E-state index in [1.165, 1.54) is 0 Å². The van der Waals surface area contributed by atoms with E-state index in [0.29, 0.717) is 32.1 Å². The Morgan fingerprint density at radius 3 is 2.29 bits per heavy atom. The summed E-state index contributed by atoms with van der Waals surface area (Å²) >= 11 is 0. The van der Waals surface area contributed by atoms with E-state index in [1.807, 2.05) is 26.1 Å². The van der Waals surface area contributed by atoms with Gasteiger partial charge >= 0.3 is 18.0 Å². The number of hydrogen-bond donors (Lipinski definition) is 3. The topological polar surface area (TPSA) is 134 Å². The summed E-state index contributed by atoms with van der Waals surface area (Å²) in [6.45, 7) is 6.19. The van der Waals surface area contributed by atoms with Crippen molar-refractivity contribution in [2.75, 3.05) is 13.2 Å². The van der Waals surface area contributed by atoms with Gasteiger partial charge in [0, 0.05) is 6.04 Å². The monoisotopic (exact) mass is 398 g/mol. The number of hydrogen-bond acceptors (Lipinski definition) is 6. The average Bonchev–Trinajstić information content (AvgIpc) is 2.84. The van der Waals surface area contributed by atoms with Crippen LogP contribution in [-0.2, 0) is 19.1 Å². The van der Waals surface area contributed by atoms with Crippen LogP contribution in [0.15, 0.2) is 0 Å². The zero-order valence-electron chi connectivity index (χ0n) is 16.9. The van der Waals surface area contributed by atoms with Crippen molar-refractivity contribution >= 4 is 29.8 Å². The Bertz CT molecular complexity index is 615. The SMILES string of the molecule is CCCC1(CCC)NC(=O)N(CC(=O)OCC(=O)NC(=O)N[C@@H](C)CC)C1=O. The van der Waals surface area contributed by atoms with Crippen LogP contribution in [0.1, 0.15) is 59.8 Å². The zero-order chi connectivity index (χ0) is 21.3. The first kappa shape index (κ1) is 23.4. The Morgan fingerprint density at radius 1 is 1.14 bits per heavy atom. The van der Waals surface area contributed by atoms with Crippen molar-refractivity contribution in [2.24, 2.45) is 0 Å². The molecule has 3 N–H and O–H groups in total. The van der Waals surface area contributed by atoms with Crippen LogP contribution in [0.2, 0.25) is 0 Å². The van der Waals surface area contributed by atoms with Crippen LogP contribution in [0.3, 0.4) is 0 Å². The van der Waals surface area contributed by atoms with Gasteiger partial charge in [0.15, 0.2) is 6.61 Å². The number of esters is 1. The molecule has 10 nitrogen and oxygen atoms in total. The molecule has 10 heteroatoms. The van der Waals surface area contributed by atoms with Crippen molar-refractivity contribution in [1.82, 2.24) is 20.9 Å². The fourth-order valence-corrected chi connectivity index (χ4v) is 2.98. The van der Waals surface area contributed by atoms with Crippen LogP contribution in [0.5, 0.6) is 0 Å². The van der Waals surface area contributed by atoms with Crippen LogP contribution in [-0.4, -0.2) is 59.5 Å². The number of ether oxygens (including phenoxy) is 1. The van der Waals surface area contributed by atoms with E-state index >= 15 is 0 Å². The number of rotatable bonds is 10. The molecular weight excluding hydrogens is 368 g/mol. The van der Waals surface area contributed by atoms with Crippen molar-refractivity contribution < 1.29 is 28.7 Å². The maximum absolute atomic E-state index is 12.7. The molecule has 0 aliphatic carbocycles. The standard InChI is InChI=1S/C18H30N4O6/c1-5-8-18(9-6-2)15(25)22(17(27)21-18)10-14(24)28-11-13(23)20-16(26)19-12(4)7-3/h12H,5-11H2,1-4H3,(H,21,27)(H2,19,20,23,26)/t12-/m0/s1. The van der Waals surface area contributed by atoms with E-state index in [2.05, 4.69) is 10.6 Å². The Labute approximate surface area is 164 Å². The van der Waals surface area contributed by atoms with E-state index in [0.717, 1.165) is 4.90 Å². The number of amides is 6. The maximum atomic E-state index is 12.7. The van der Waals surface area contributed by atoms with Gasteiger partial charge in [0.05, 0.1) is 0 Å². The number of nitrogens with zero attached hydrogens (tertiary/aromatic N) is 1. The van der Waals surface area contributed by atoms with E-state index in [1.54, 1.807) is 6.92 Å². The summed E-state index contributed by atoms with van der Waals surface area (Å²) in [5.41, 5.74) is -0.994. The highest BCUT2D eigenvalue weighted by Crippen LogP contribution is 2.27. The average molecular weight is 398 g/mol. The minimum Gasteiger partial charge on any atom is -0.454 e. The summed E-state index contributed by atoms with van der Waals surface area (Å²) in [4.78, 5) is 60.8. The summed E-state index contributed by atoms with van der Waals surface area (Å²) < 4.78 is 4.78. The molecule has 0 spiro atoms. The van der Waals surface area contributed by atoms with Crippen molar-refractivity contribution in [3.63, 3.8) is 0 Å². The maximum Gasteiger partial charge on any atom is 0.326 e. The first-order valence-electron chi connectivity index (χ1n) is 9.59. The van der Waals surface area contributed by atoms with Gasteiger partial charge in [-0.2, -0.15) is 0 Å². The molecule has 0 radical (unpaired) electrons. The third kappa shape index (κ3) is 6.21. The minimum atomic E-state index is -0.994. The van der Waals surface area contributed by atoms with Crippen LogP contribution >= 0.6 is 0 Å². The first-order valence-corrected chi connectivity index (χ1v) is 9.59. The van der Waals surface area contributed by atoms with Crippen LogP contribution in [0.4, 0.5) is 9.59 Å². The first-order chi connectivity index (χ1) is 13.2. The normalized spacial score (nSPS) is 16.4. The highest BCUT2D eigenvalue weighted by Gasteiger charge is 2.50. The largest absolute Gasteiger partial charge is 0.454 e. The molecule has 0 aromatic heterocycles. The highest BCUT2D eigenvalue weighted by molar-refractivity contribution is 6.08. The van der Waals surface area contributed by atoms with E-state index in [9.17, 15) is 24.0 Å². The molecular formula is C18H30N4O6. The molecule has 0 aromatic rings. The van der Waals surface area contributed by atoms with Gasteiger partial charge in [-0.15, -0.1) is 0 Å². The lowest BCUT2D eigenvalue weighted by molar-refractivity contribution is -0.151. The van der Waals surface area contributed by atoms with E-state index in [-0.39, 0.29) is 6.04 Å². The summed E-state index contributed by atoms with van der Waals surface area (Å²) in [6, 6.07) is -1.45. The third-order valence-electron chi connectivity index (χ3n) is 4.49. The second-order valence-corrected chi connectivity index (χ2v) is 6.90. The van der Waals surface area contributed by atoms with Gasteiger partial charge < -0.3 is 15.4 Å². The molecule has 158 valence electrons. The van der Waals surface area contributed by atoms with Crippen molar-refractivity contribution in [3.05, 3.63) is 0 Å². The molecule has 0 saturated carbocycles. The predicted molar refractivity (Wildman–Crippen MR) is 100 cm³/mol. The second-order valence-electron chi connectivity index (χ2n) is 6.90. The number of carbonyl (C=O) groups is 5. The van der Waals surface area contributed by atoms with Gasteiger partial charge in [-0.25, -0.2) is 9.59 Å². The zero-order valence-corrected chi connectivity index (χ0v) is 16.9. The second kappa shape index (κ2) is 10.6. The smallest absolute Gasteiger partial charge is 0.326 e. The van der Waals surface area contributed by atoms with Gasteiger partial charge in [-0.05, 0) is 26.2 Å². The van der Waals surface area contributed by atoms with Crippen LogP contribution in [0.25, 0.3) is 0 Å². The lowest BCUT2D eigenvalue weighted by Gasteiger charge is -2.25. The van der Waals surface area contributed by atoms with E-state index in [4.69, 9.17) is 4.74 Å². The molecule has 6 amide bonds. The van der Waals surface area contributed by atoms with E-state index < -0.39 is 48.5 Å². The lowest BCUT2D eigenvalue weighted by atomic mass is 9.88. The molecule has 1 aliphatic rings. The Kier molecular flexibility index (Phi) is 8.87. The highest BCUT2D eigenvalue weighted by atomic mass is 16.5. The molecule has 0 aromatic carbocycles. The minimum absolute atomic E-state index is 0.110. The van der Waals surface area contributed by atoms with Gasteiger partial charge in [0.1, 0.15) is 12.1 Å². The van der Waals surface area contributed by atoms with Crippen LogP contribution in [0, 0.1) is 0 Å². The number of nitrogens with one attached hydrogen (secondary N) is 3. The molecule has 1 atom stereocenters. The summed E-state index contributed by atoms with van der Waals surface area (Å²) in [6.07, 6.45) is 3.04. The summed E-state index contributed by atoms with van der Waals surface area (Å²) in [5, 5.41) is 7.25. The third-order valence-corrected chi connectivity index (χ3v) is 4.49. The lowest BCUT2D eigenvalue weighted by Crippen LogP contribution is -2.47. The number of urea groups is 2. The van der Waals surface area contributed by atoms with Crippen molar-refractivity contribution in [1.29, 1.82) is 0 Å². The summed E-state index contributed by atoms with van der Waals surface area (Å²) in [5.74, 6) is -2.18. The fraction of sp³-hybridized carbons (Fsp3) is 0.722. The fourth-order valence-electron chi connectivity index (χ4n) is 2.98. The molecule has 0 bridgehead atoms.